The van der Waals surface area contributed by atoms with Gasteiger partial charge in [0.05, 0.1) is 4.90 Å². The summed E-state index contributed by atoms with van der Waals surface area (Å²) in [6.07, 6.45) is 3.98. The summed E-state index contributed by atoms with van der Waals surface area (Å²) < 4.78 is 28.0. The van der Waals surface area contributed by atoms with E-state index in [1.807, 2.05) is 26.0 Å². The second kappa shape index (κ2) is 10.2. The lowest BCUT2D eigenvalue weighted by Gasteiger charge is -2.39. The molecule has 1 fully saturated rings. The molecule has 1 atom stereocenters. The number of nitrogens with zero attached hydrogens (tertiary/aromatic N) is 3. The molecular formula is C23H30N4O4S. The van der Waals surface area contributed by atoms with Crippen molar-refractivity contribution in [3.05, 3.63) is 59.9 Å². The van der Waals surface area contributed by atoms with E-state index >= 15 is 0 Å². The van der Waals surface area contributed by atoms with E-state index in [9.17, 15) is 18.0 Å². The van der Waals surface area contributed by atoms with E-state index in [1.54, 1.807) is 36.7 Å². The first-order valence-corrected chi connectivity index (χ1v) is 12.2. The number of nitrogens with one attached hydrogen (secondary N) is 1. The number of hydrogen-bond acceptors (Lipinski definition) is 5. The average Bonchev–Trinajstić information content (AvgIpc) is 2.79. The van der Waals surface area contributed by atoms with Gasteiger partial charge in [0, 0.05) is 45.5 Å². The lowest BCUT2D eigenvalue weighted by atomic mass is 10.0. The van der Waals surface area contributed by atoms with Crippen LogP contribution in [0.4, 0.5) is 0 Å². The second-order valence-electron chi connectivity index (χ2n) is 8.22. The highest BCUT2D eigenvalue weighted by Gasteiger charge is 2.40. The number of rotatable bonds is 7. The van der Waals surface area contributed by atoms with Crippen LogP contribution in [0.5, 0.6) is 0 Å². The fourth-order valence-electron chi connectivity index (χ4n) is 3.71. The molecule has 9 heteroatoms. The average molecular weight is 459 g/mol. The molecule has 0 bridgehead atoms. The fraction of sp³-hybridized carbons (Fsp3) is 0.435. The van der Waals surface area contributed by atoms with Gasteiger partial charge in [-0.3, -0.25) is 14.6 Å². The molecule has 1 aliphatic rings. The van der Waals surface area contributed by atoms with Crippen LogP contribution in [-0.4, -0.2) is 66.6 Å². The van der Waals surface area contributed by atoms with Crippen molar-refractivity contribution in [2.75, 3.05) is 26.2 Å². The highest BCUT2D eigenvalue weighted by molar-refractivity contribution is 7.89. The van der Waals surface area contributed by atoms with Gasteiger partial charge in [0.1, 0.15) is 6.04 Å². The van der Waals surface area contributed by atoms with Crippen molar-refractivity contribution in [3.8, 4) is 0 Å². The zero-order chi connectivity index (χ0) is 23.3. The van der Waals surface area contributed by atoms with Gasteiger partial charge in [0.2, 0.25) is 21.8 Å². The quantitative estimate of drug-likeness (QED) is 0.682. The third-order valence-corrected chi connectivity index (χ3v) is 7.59. The van der Waals surface area contributed by atoms with E-state index in [1.165, 1.54) is 16.1 Å². The number of benzene rings is 1. The number of sulfonamides is 1. The third kappa shape index (κ3) is 5.52. The molecule has 1 saturated heterocycles. The minimum Gasteiger partial charge on any atom is -0.354 e. The van der Waals surface area contributed by atoms with Gasteiger partial charge >= 0.3 is 0 Å². The van der Waals surface area contributed by atoms with E-state index in [2.05, 4.69) is 10.3 Å². The van der Waals surface area contributed by atoms with Crippen LogP contribution in [0.1, 0.15) is 37.8 Å². The highest BCUT2D eigenvalue weighted by atomic mass is 32.2. The monoisotopic (exact) mass is 458 g/mol. The normalized spacial score (nSPS) is 17.4. The SMILES string of the molecule is CC(=O)N1CCN(S(=O)(=O)c2ccc(C(C)C)cc2)[C@@H](C(=O)NCCc2cccnc2)C1. The molecular weight excluding hydrogens is 428 g/mol. The summed E-state index contributed by atoms with van der Waals surface area (Å²) in [7, 11) is -3.90. The van der Waals surface area contributed by atoms with Gasteiger partial charge in [-0.15, -0.1) is 0 Å². The van der Waals surface area contributed by atoms with Gasteiger partial charge < -0.3 is 10.2 Å². The van der Waals surface area contributed by atoms with E-state index in [4.69, 9.17) is 0 Å². The molecule has 0 saturated carbocycles. The number of carbonyl (C=O) groups is 2. The molecule has 2 amide bonds. The summed E-state index contributed by atoms with van der Waals surface area (Å²) in [4.78, 5) is 30.6. The van der Waals surface area contributed by atoms with Crippen molar-refractivity contribution >= 4 is 21.8 Å². The Morgan fingerprint density at radius 3 is 2.47 bits per heavy atom. The zero-order valence-electron chi connectivity index (χ0n) is 18.7. The molecule has 0 unspecified atom stereocenters. The molecule has 0 spiro atoms. The first-order chi connectivity index (χ1) is 15.2. The molecule has 2 heterocycles. The van der Waals surface area contributed by atoms with Crippen molar-refractivity contribution < 1.29 is 18.0 Å². The van der Waals surface area contributed by atoms with Gasteiger partial charge in [-0.25, -0.2) is 8.42 Å². The number of aromatic nitrogens is 1. The summed E-state index contributed by atoms with van der Waals surface area (Å²) in [5.74, 6) is -0.317. The van der Waals surface area contributed by atoms with Crippen LogP contribution in [0.3, 0.4) is 0 Å². The van der Waals surface area contributed by atoms with Crippen LogP contribution in [0, 0.1) is 0 Å². The van der Waals surface area contributed by atoms with E-state index in [0.29, 0.717) is 13.0 Å². The fourth-order valence-corrected chi connectivity index (χ4v) is 5.28. The van der Waals surface area contributed by atoms with Crippen LogP contribution in [0.25, 0.3) is 0 Å². The van der Waals surface area contributed by atoms with Crippen molar-refractivity contribution in [1.82, 2.24) is 19.5 Å². The minimum atomic E-state index is -3.90. The summed E-state index contributed by atoms with van der Waals surface area (Å²) in [5, 5.41) is 2.83. The molecule has 0 aliphatic carbocycles. The van der Waals surface area contributed by atoms with Gasteiger partial charge in [-0.05, 0) is 41.7 Å². The third-order valence-electron chi connectivity index (χ3n) is 5.67. The zero-order valence-corrected chi connectivity index (χ0v) is 19.5. The molecule has 32 heavy (non-hydrogen) atoms. The maximum absolute atomic E-state index is 13.4. The number of pyridine rings is 1. The van der Waals surface area contributed by atoms with E-state index < -0.39 is 22.0 Å². The molecule has 3 rings (SSSR count). The predicted octanol–water partition coefficient (Wildman–Crippen LogP) is 1.79. The maximum atomic E-state index is 13.4. The number of piperazine rings is 1. The van der Waals surface area contributed by atoms with Gasteiger partial charge in [-0.1, -0.05) is 32.0 Å². The van der Waals surface area contributed by atoms with Crippen LogP contribution in [-0.2, 0) is 26.0 Å². The van der Waals surface area contributed by atoms with Crippen molar-refractivity contribution in [1.29, 1.82) is 0 Å². The molecule has 2 aromatic rings. The number of hydrogen-bond donors (Lipinski definition) is 1. The Labute approximate surface area is 189 Å². The summed E-state index contributed by atoms with van der Waals surface area (Å²) in [6.45, 7) is 6.18. The standard InChI is InChI=1S/C23H30N4O4S/c1-17(2)20-6-8-21(9-7-20)32(30,31)27-14-13-26(18(3)28)16-22(27)23(29)25-12-10-19-5-4-11-24-15-19/h4-9,11,15,17,22H,10,12-14,16H2,1-3H3,(H,25,29)/t22-/m1/s1. The Morgan fingerprint density at radius 1 is 1.16 bits per heavy atom. The van der Waals surface area contributed by atoms with Crippen molar-refractivity contribution in [2.24, 2.45) is 0 Å². The van der Waals surface area contributed by atoms with Gasteiger partial charge in [-0.2, -0.15) is 4.31 Å². The summed E-state index contributed by atoms with van der Waals surface area (Å²) in [6, 6.07) is 9.50. The lowest BCUT2D eigenvalue weighted by molar-refractivity contribution is -0.134. The molecule has 1 N–H and O–H groups in total. The van der Waals surface area contributed by atoms with Crippen LogP contribution < -0.4 is 5.32 Å². The molecule has 1 aliphatic heterocycles. The number of amides is 2. The highest BCUT2D eigenvalue weighted by Crippen LogP contribution is 2.24. The van der Waals surface area contributed by atoms with Gasteiger partial charge in [0.15, 0.2) is 0 Å². The van der Waals surface area contributed by atoms with Crippen LogP contribution in [0.15, 0.2) is 53.7 Å². The Bertz CT molecular complexity index is 1040. The summed E-state index contributed by atoms with van der Waals surface area (Å²) >= 11 is 0. The van der Waals surface area contributed by atoms with Crippen LogP contribution in [0.2, 0.25) is 0 Å². The topological polar surface area (TPSA) is 99.7 Å². The number of carbonyl (C=O) groups excluding carboxylic acids is 2. The van der Waals surface area contributed by atoms with Crippen LogP contribution >= 0.6 is 0 Å². The predicted molar refractivity (Wildman–Crippen MR) is 121 cm³/mol. The van der Waals surface area contributed by atoms with Gasteiger partial charge in [0.25, 0.3) is 0 Å². The smallest absolute Gasteiger partial charge is 0.243 e. The van der Waals surface area contributed by atoms with Crippen molar-refractivity contribution in [3.63, 3.8) is 0 Å². The first-order valence-electron chi connectivity index (χ1n) is 10.7. The maximum Gasteiger partial charge on any atom is 0.243 e. The largest absolute Gasteiger partial charge is 0.354 e. The Hall–Kier alpha value is -2.78. The molecule has 0 radical (unpaired) electrons. The summed E-state index contributed by atoms with van der Waals surface area (Å²) in [5.41, 5.74) is 2.01. The lowest BCUT2D eigenvalue weighted by Crippen LogP contribution is -2.61. The Kier molecular flexibility index (Phi) is 7.63. The molecule has 8 nitrogen and oxygen atoms in total. The molecule has 1 aromatic heterocycles. The Balaban J connectivity index is 1.78. The first kappa shape index (κ1) is 23.9. The van der Waals surface area contributed by atoms with Crippen molar-refractivity contribution in [2.45, 2.75) is 44.0 Å². The van der Waals surface area contributed by atoms with E-state index in [0.717, 1.165) is 11.1 Å². The Morgan fingerprint density at radius 2 is 1.88 bits per heavy atom. The second-order valence-corrected chi connectivity index (χ2v) is 10.1. The van der Waals surface area contributed by atoms with E-state index in [-0.39, 0.29) is 36.4 Å². The minimum absolute atomic E-state index is 0.0252. The molecule has 172 valence electrons. The molecule has 1 aromatic carbocycles.